The molecule has 0 aromatic carbocycles. The molecule has 4 nitrogen and oxygen atoms in total. The molecule has 5 unspecified atom stereocenters. The summed E-state index contributed by atoms with van der Waals surface area (Å²) < 4.78 is 6.00. The van der Waals surface area contributed by atoms with E-state index in [4.69, 9.17) is 4.74 Å². The second kappa shape index (κ2) is 6.39. The monoisotopic (exact) mass is 360 g/mol. The number of nitrogens with one attached hydrogen (secondary N) is 2. The summed E-state index contributed by atoms with van der Waals surface area (Å²) in [5.74, 6) is 4.47. The maximum absolute atomic E-state index is 12.4. The first-order valence-corrected chi connectivity index (χ1v) is 11.1. The third kappa shape index (κ3) is 3.06. The first-order chi connectivity index (χ1) is 12.6. The molecule has 5 atom stereocenters. The van der Waals surface area contributed by atoms with E-state index in [1.54, 1.807) is 0 Å². The molecule has 146 valence electrons. The maximum atomic E-state index is 12.4. The van der Waals surface area contributed by atoms with Gasteiger partial charge in [0.2, 0.25) is 0 Å². The fourth-order valence-electron chi connectivity index (χ4n) is 8.24. The predicted molar refractivity (Wildman–Crippen MR) is 102 cm³/mol. The third-order valence-corrected chi connectivity index (χ3v) is 8.87. The molecule has 2 amide bonds. The average molecular weight is 361 g/mol. The normalized spacial score (nSPS) is 48.1. The van der Waals surface area contributed by atoms with Crippen molar-refractivity contribution in [1.82, 2.24) is 10.6 Å². The second-order valence-corrected chi connectivity index (χ2v) is 10.7. The van der Waals surface area contributed by atoms with Crippen molar-refractivity contribution in [3.63, 3.8) is 0 Å². The summed E-state index contributed by atoms with van der Waals surface area (Å²) in [6.45, 7) is 1.69. The summed E-state index contributed by atoms with van der Waals surface area (Å²) >= 11 is 0. The molecule has 0 aliphatic heterocycles. The highest BCUT2D eigenvalue weighted by Gasteiger charge is 2.57. The van der Waals surface area contributed by atoms with Crippen LogP contribution in [0.1, 0.15) is 70.6 Å². The lowest BCUT2D eigenvalue weighted by Crippen LogP contribution is -2.59. The highest BCUT2D eigenvalue weighted by atomic mass is 16.5. The molecule has 2 N–H and O–H groups in total. The van der Waals surface area contributed by atoms with E-state index in [-0.39, 0.29) is 11.6 Å². The molecule has 0 saturated heterocycles. The minimum atomic E-state index is 0.0513. The quantitative estimate of drug-likeness (QED) is 0.749. The van der Waals surface area contributed by atoms with Gasteiger partial charge in [-0.2, -0.15) is 0 Å². The van der Waals surface area contributed by atoms with Crippen molar-refractivity contribution >= 4 is 6.03 Å². The first-order valence-electron chi connectivity index (χ1n) is 11.1. The van der Waals surface area contributed by atoms with Crippen molar-refractivity contribution in [2.45, 2.75) is 76.2 Å². The van der Waals surface area contributed by atoms with Gasteiger partial charge in [0.1, 0.15) is 0 Å². The van der Waals surface area contributed by atoms with Crippen molar-refractivity contribution < 1.29 is 9.53 Å². The number of urea groups is 1. The fraction of sp³-hybridized carbons (Fsp3) is 0.955. The van der Waals surface area contributed by atoms with Gasteiger partial charge in [-0.3, -0.25) is 0 Å². The Bertz CT molecular complexity index is 548. The Morgan fingerprint density at radius 3 is 2.46 bits per heavy atom. The lowest BCUT2D eigenvalue weighted by Gasteiger charge is -2.61. The average Bonchev–Trinajstić information content (AvgIpc) is 3.22. The van der Waals surface area contributed by atoms with Gasteiger partial charge in [0, 0.05) is 20.2 Å². The molecule has 6 bridgehead atoms. The molecular formula is C22H36N2O2. The number of methoxy groups -OCH3 is 1. The smallest absolute Gasteiger partial charge is 0.314 e. The van der Waals surface area contributed by atoms with E-state index < -0.39 is 0 Å². The van der Waals surface area contributed by atoms with E-state index >= 15 is 0 Å². The summed E-state index contributed by atoms with van der Waals surface area (Å²) in [5.41, 5.74) is 0.409. The standard InChI is InChI=1S/C22H36N2O2/c1-26-22-11-16-6-17(12-22)10-21(9-16,13-22)14-24-20(25)23-5-4-19-8-15-2-3-18(19)7-15/h15-19H,2-14H2,1H3,(H2,23,24,25). The largest absolute Gasteiger partial charge is 0.378 e. The summed E-state index contributed by atoms with van der Waals surface area (Å²) in [7, 11) is 1.90. The van der Waals surface area contributed by atoms with E-state index in [2.05, 4.69) is 10.6 Å². The van der Waals surface area contributed by atoms with Crippen LogP contribution in [-0.2, 0) is 4.74 Å². The number of fused-ring (bicyclic) bond motifs is 2. The van der Waals surface area contributed by atoms with Crippen molar-refractivity contribution in [2.24, 2.45) is 35.0 Å². The fourth-order valence-corrected chi connectivity index (χ4v) is 8.24. The molecule has 6 rings (SSSR count). The topological polar surface area (TPSA) is 50.4 Å². The van der Waals surface area contributed by atoms with Gasteiger partial charge in [-0.1, -0.05) is 6.42 Å². The Hall–Kier alpha value is -0.770. The molecule has 0 radical (unpaired) electrons. The molecule has 0 aromatic rings. The minimum Gasteiger partial charge on any atom is -0.378 e. The van der Waals surface area contributed by atoms with Crippen LogP contribution in [0.25, 0.3) is 0 Å². The van der Waals surface area contributed by atoms with Gasteiger partial charge in [-0.05, 0) is 99.2 Å². The molecule has 0 heterocycles. The van der Waals surface area contributed by atoms with Crippen LogP contribution in [0.3, 0.4) is 0 Å². The molecule has 6 saturated carbocycles. The van der Waals surface area contributed by atoms with Crippen LogP contribution in [0.15, 0.2) is 0 Å². The Balaban J connectivity index is 1.09. The molecule has 6 fully saturated rings. The van der Waals surface area contributed by atoms with E-state index in [1.807, 2.05) is 7.11 Å². The summed E-state index contributed by atoms with van der Waals surface area (Å²) in [5, 5.41) is 6.38. The van der Waals surface area contributed by atoms with E-state index in [0.29, 0.717) is 5.41 Å². The molecule has 0 aromatic heterocycles. The van der Waals surface area contributed by atoms with Gasteiger partial charge >= 0.3 is 6.03 Å². The van der Waals surface area contributed by atoms with Crippen LogP contribution in [0.2, 0.25) is 0 Å². The van der Waals surface area contributed by atoms with E-state index in [9.17, 15) is 4.79 Å². The lowest BCUT2D eigenvalue weighted by molar-refractivity contribution is -0.177. The van der Waals surface area contributed by atoms with Crippen molar-refractivity contribution in [1.29, 1.82) is 0 Å². The van der Waals surface area contributed by atoms with Crippen molar-refractivity contribution in [3.8, 4) is 0 Å². The number of carbonyl (C=O) groups is 1. The van der Waals surface area contributed by atoms with Crippen LogP contribution in [0, 0.1) is 35.0 Å². The first kappa shape index (κ1) is 17.3. The van der Waals surface area contributed by atoms with Crippen LogP contribution >= 0.6 is 0 Å². The van der Waals surface area contributed by atoms with Crippen molar-refractivity contribution in [3.05, 3.63) is 0 Å². The molecule has 6 aliphatic rings. The van der Waals surface area contributed by atoms with Gasteiger partial charge in [-0.25, -0.2) is 4.79 Å². The number of ether oxygens (including phenoxy) is 1. The van der Waals surface area contributed by atoms with Gasteiger partial charge in [0.15, 0.2) is 0 Å². The van der Waals surface area contributed by atoms with Crippen LogP contribution in [0.4, 0.5) is 4.79 Å². The highest BCUT2D eigenvalue weighted by Crippen LogP contribution is 2.62. The maximum Gasteiger partial charge on any atom is 0.314 e. The van der Waals surface area contributed by atoms with E-state index in [0.717, 1.165) is 49.1 Å². The van der Waals surface area contributed by atoms with Crippen LogP contribution < -0.4 is 10.6 Å². The van der Waals surface area contributed by atoms with Crippen molar-refractivity contribution in [2.75, 3.05) is 20.2 Å². The summed E-state index contributed by atoms with van der Waals surface area (Å²) in [6.07, 6.45) is 14.6. The lowest BCUT2D eigenvalue weighted by atomic mass is 9.48. The summed E-state index contributed by atoms with van der Waals surface area (Å²) in [6, 6.07) is 0.0513. The SMILES string of the molecule is COC12CC3CC(CC(CNC(=O)NCCC4CC5CCC4C5)(C3)C1)C2. The highest BCUT2D eigenvalue weighted by molar-refractivity contribution is 5.73. The Labute approximate surface area is 158 Å². The zero-order chi connectivity index (χ0) is 17.8. The number of amides is 2. The van der Waals surface area contributed by atoms with Crippen LogP contribution in [-0.4, -0.2) is 31.8 Å². The number of rotatable bonds is 6. The Kier molecular flexibility index (Phi) is 4.26. The van der Waals surface area contributed by atoms with E-state index in [1.165, 1.54) is 64.2 Å². The predicted octanol–water partition coefficient (Wildman–Crippen LogP) is 4.10. The van der Waals surface area contributed by atoms with Crippen LogP contribution in [0.5, 0.6) is 0 Å². The molecule has 0 spiro atoms. The zero-order valence-corrected chi connectivity index (χ0v) is 16.4. The summed E-state index contributed by atoms with van der Waals surface area (Å²) in [4.78, 5) is 12.4. The molecule has 26 heavy (non-hydrogen) atoms. The number of hydrogen-bond acceptors (Lipinski definition) is 2. The Morgan fingerprint density at radius 2 is 1.81 bits per heavy atom. The molecule has 4 heteroatoms. The zero-order valence-electron chi connectivity index (χ0n) is 16.4. The third-order valence-electron chi connectivity index (χ3n) is 8.87. The molecule has 6 aliphatic carbocycles. The molecular weight excluding hydrogens is 324 g/mol. The van der Waals surface area contributed by atoms with Gasteiger partial charge in [-0.15, -0.1) is 0 Å². The minimum absolute atomic E-state index is 0.0513. The van der Waals surface area contributed by atoms with Gasteiger partial charge in [0.25, 0.3) is 0 Å². The second-order valence-electron chi connectivity index (χ2n) is 10.7. The Morgan fingerprint density at radius 1 is 1.00 bits per heavy atom. The number of carbonyl (C=O) groups excluding carboxylic acids is 1. The van der Waals surface area contributed by atoms with Gasteiger partial charge < -0.3 is 15.4 Å². The van der Waals surface area contributed by atoms with Gasteiger partial charge in [0.05, 0.1) is 5.60 Å². The number of hydrogen-bond donors (Lipinski definition) is 2.